The van der Waals surface area contributed by atoms with Crippen molar-refractivity contribution < 1.29 is 8.42 Å². The van der Waals surface area contributed by atoms with Crippen LogP contribution in [0.2, 0.25) is 0 Å². The molecule has 1 aromatic heterocycles. The molecule has 0 aliphatic heterocycles. The molecule has 0 bridgehead atoms. The summed E-state index contributed by atoms with van der Waals surface area (Å²) in [7, 11) is -3.52. The largest absolute Gasteiger partial charge is 0.312 e. The van der Waals surface area contributed by atoms with Gasteiger partial charge in [0, 0.05) is 11.4 Å². The van der Waals surface area contributed by atoms with Crippen LogP contribution in [0.15, 0.2) is 34.5 Å². The second-order valence-corrected chi connectivity index (χ2v) is 8.00. The van der Waals surface area contributed by atoms with Crippen LogP contribution >= 0.6 is 11.3 Å². The van der Waals surface area contributed by atoms with Crippen molar-refractivity contribution in [3.63, 3.8) is 0 Å². The highest BCUT2D eigenvalue weighted by Crippen LogP contribution is 2.25. The van der Waals surface area contributed by atoms with Crippen LogP contribution in [0.5, 0.6) is 0 Å². The molecule has 0 spiro atoms. The first-order valence-electron chi connectivity index (χ1n) is 6.82. The molecular formula is C15H20N2O2S2. The quantitative estimate of drug-likeness (QED) is 0.857. The van der Waals surface area contributed by atoms with E-state index < -0.39 is 10.0 Å². The van der Waals surface area contributed by atoms with Gasteiger partial charge in [0.25, 0.3) is 10.0 Å². The fourth-order valence-electron chi connectivity index (χ4n) is 1.89. The van der Waals surface area contributed by atoms with Gasteiger partial charge in [0.1, 0.15) is 4.21 Å². The molecule has 0 atom stereocenters. The Balaban J connectivity index is 2.22. The summed E-state index contributed by atoms with van der Waals surface area (Å²) < 4.78 is 27.9. The van der Waals surface area contributed by atoms with Crippen molar-refractivity contribution >= 4 is 27.0 Å². The Kier molecular flexibility index (Phi) is 5.03. The number of nitrogens with one attached hydrogen (secondary N) is 2. The lowest BCUT2D eigenvalue weighted by atomic mass is 10.1. The van der Waals surface area contributed by atoms with Gasteiger partial charge >= 0.3 is 0 Å². The average molecular weight is 324 g/mol. The van der Waals surface area contributed by atoms with Gasteiger partial charge in [-0.2, -0.15) is 0 Å². The molecule has 1 aromatic carbocycles. The van der Waals surface area contributed by atoms with Crippen molar-refractivity contribution in [1.29, 1.82) is 0 Å². The van der Waals surface area contributed by atoms with E-state index in [-0.39, 0.29) is 0 Å². The third-order valence-corrected chi connectivity index (χ3v) is 6.03. The summed E-state index contributed by atoms with van der Waals surface area (Å²) in [6.07, 6.45) is 0. The molecule has 6 heteroatoms. The molecule has 0 fully saturated rings. The third kappa shape index (κ3) is 4.06. The van der Waals surface area contributed by atoms with Crippen molar-refractivity contribution in [2.75, 3.05) is 11.3 Å². The van der Waals surface area contributed by atoms with Crippen molar-refractivity contribution in [1.82, 2.24) is 5.32 Å². The lowest BCUT2D eigenvalue weighted by molar-refractivity contribution is 0.603. The van der Waals surface area contributed by atoms with Crippen LogP contribution in [-0.2, 0) is 16.6 Å². The number of anilines is 1. The Morgan fingerprint density at radius 2 is 1.90 bits per heavy atom. The zero-order valence-corrected chi connectivity index (χ0v) is 14.1. The molecule has 0 saturated heterocycles. The number of rotatable bonds is 6. The molecule has 0 aliphatic rings. The number of thiophene rings is 1. The van der Waals surface area contributed by atoms with Crippen molar-refractivity contribution in [3.8, 4) is 0 Å². The normalized spacial score (nSPS) is 11.6. The van der Waals surface area contributed by atoms with Gasteiger partial charge in [0.05, 0.1) is 5.69 Å². The summed E-state index contributed by atoms with van der Waals surface area (Å²) in [6.45, 7) is 7.41. The predicted octanol–water partition coefficient (Wildman–Crippen LogP) is 3.28. The Morgan fingerprint density at radius 1 is 1.14 bits per heavy atom. The van der Waals surface area contributed by atoms with Crippen LogP contribution in [0, 0.1) is 13.8 Å². The van der Waals surface area contributed by atoms with Crippen molar-refractivity contribution in [2.45, 2.75) is 31.5 Å². The molecule has 0 unspecified atom stereocenters. The first-order chi connectivity index (χ1) is 9.92. The molecule has 2 N–H and O–H groups in total. The summed E-state index contributed by atoms with van der Waals surface area (Å²) in [5, 5.41) is 3.19. The fraction of sp³-hybridized carbons (Fsp3) is 0.333. The predicted molar refractivity (Wildman–Crippen MR) is 88.4 cm³/mol. The minimum absolute atomic E-state index is 0.344. The van der Waals surface area contributed by atoms with E-state index in [2.05, 4.69) is 10.0 Å². The topological polar surface area (TPSA) is 58.2 Å². The second-order valence-electron chi connectivity index (χ2n) is 4.92. The summed E-state index contributed by atoms with van der Waals surface area (Å²) in [6, 6.07) is 9.24. The maximum absolute atomic E-state index is 12.4. The van der Waals surface area contributed by atoms with Crippen LogP contribution < -0.4 is 10.0 Å². The number of hydrogen-bond acceptors (Lipinski definition) is 4. The second kappa shape index (κ2) is 6.60. The average Bonchev–Trinajstić information content (AvgIpc) is 2.90. The molecule has 2 aromatic rings. The molecule has 0 amide bonds. The first kappa shape index (κ1) is 16.0. The number of hydrogen-bond donors (Lipinski definition) is 2. The van der Waals surface area contributed by atoms with E-state index in [4.69, 9.17) is 0 Å². The van der Waals surface area contributed by atoms with Crippen molar-refractivity contribution in [2.24, 2.45) is 0 Å². The Bertz CT molecular complexity index is 721. The van der Waals surface area contributed by atoms with Crippen LogP contribution in [0.4, 0.5) is 5.69 Å². The Labute approximate surface area is 130 Å². The molecule has 4 nitrogen and oxygen atoms in total. The maximum Gasteiger partial charge on any atom is 0.271 e. The maximum atomic E-state index is 12.4. The highest BCUT2D eigenvalue weighted by molar-refractivity contribution is 7.94. The Hall–Kier alpha value is -1.37. The van der Waals surface area contributed by atoms with Gasteiger partial charge in [-0.25, -0.2) is 8.42 Å². The zero-order chi connectivity index (χ0) is 15.5. The highest BCUT2D eigenvalue weighted by Gasteiger charge is 2.17. The molecule has 21 heavy (non-hydrogen) atoms. The zero-order valence-electron chi connectivity index (χ0n) is 12.4. The molecule has 2 rings (SSSR count). The molecule has 0 radical (unpaired) electrons. The molecule has 1 heterocycles. The molecular weight excluding hydrogens is 304 g/mol. The van der Waals surface area contributed by atoms with Crippen molar-refractivity contribution in [3.05, 3.63) is 46.3 Å². The van der Waals surface area contributed by atoms with E-state index in [0.29, 0.717) is 16.4 Å². The summed E-state index contributed by atoms with van der Waals surface area (Å²) >= 11 is 1.30. The van der Waals surface area contributed by atoms with Gasteiger partial charge in [0.2, 0.25) is 0 Å². The lowest BCUT2D eigenvalue weighted by Crippen LogP contribution is -2.12. The summed E-state index contributed by atoms with van der Waals surface area (Å²) in [5.74, 6) is 0. The van der Waals surface area contributed by atoms with E-state index in [0.717, 1.165) is 22.5 Å². The molecule has 114 valence electrons. The van der Waals surface area contributed by atoms with E-state index in [9.17, 15) is 8.42 Å². The third-order valence-electron chi connectivity index (χ3n) is 3.09. The van der Waals surface area contributed by atoms with E-state index in [1.807, 2.05) is 45.0 Å². The van der Waals surface area contributed by atoms with Gasteiger partial charge in [-0.15, -0.1) is 11.3 Å². The van der Waals surface area contributed by atoms with E-state index >= 15 is 0 Å². The SMILES string of the molecule is CCNCc1ccc(S(=O)(=O)Nc2cc(C)ccc2C)s1. The summed E-state index contributed by atoms with van der Waals surface area (Å²) in [4.78, 5) is 1.01. The van der Waals surface area contributed by atoms with Crippen LogP contribution in [-0.4, -0.2) is 15.0 Å². The smallest absolute Gasteiger partial charge is 0.271 e. The van der Waals surface area contributed by atoms with Gasteiger partial charge in [-0.1, -0.05) is 19.1 Å². The van der Waals surface area contributed by atoms with Gasteiger partial charge in [-0.05, 0) is 49.7 Å². The summed E-state index contributed by atoms with van der Waals surface area (Å²) in [5.41, 5.74) is 2.57. The Morgan fingerprint density at radius 3 is 2.62 bits per heavy atom. The standard InChI is InChI=1S/C15H20N2O2S2/c1-4-16-10-13-7-8-15(20-13)21(18,19)17-14-9-11(2)5-6-12(14)3/h5-9,16-17H,4,10H2,1-3H3. The first-order valence-corrected chi connectivity index (χ1v) is 9.12. The molecule has 0 aliphatic carbocycles. The van der Waals surface area contributed by atoms with Gasteiger partial charge in [0.15, 0.2) is 0 Å². The number of aryl methyl sites for hydroxylation is 2. The van der Waals surface area contributed by atoms with Crippen LogP contribution in [0.25, 0.3) is 0 Å². The minimum atomic E-state index is -3.52. The van der Waals surface area contributed by atoms with Gasteiger partial charge < -0.3 is 5.32 Å². The molecule has 0 saturated carbocycles. The highest BCUT2D eigenvalue weighted by atomic mass is 32.2. The van der Waals surface area contributed by atoms with E-state index in [1.165, 1.54) is 11.3 Å². The lowest BCUT2D eigenvalue weighted by Gasteiger charge is -2.10. The monoisotopic (exact) mass is 324 g/mol. The minimum Gasteiger partial charge on any atom is -0.312 e. The number of sulfonamides is 1. The fourth-order valence-corrected chi connectivity index (χ4v) is 4.33. The van der Waals surface area contributed by atoms with E-state index in [1.54, 1.807) is 6.07 Å². The van der Waals surface area contributed by atoms with Gasteiger partial charge in [-0.3, -0.25) is 4.72 Å². The van der Waals surface area contributed by atoms with Crippen LogP contribution in [0.3, 0.4) is 0 Å². The van der Waals surface area contributed by atoms with Crippen LogP contribution in [0.1, 0.15) is 22.9 Å². The number of benzene rings is 1.